The van der Waals surface area contributed by atoms with Crippen LogP contribution < -0.4 is 4.72 Å². The Balaban J connectivity index is 2.57. The Morgan fingerprint density at radius 2 is 1.83 bits per heavy atom. The maximum absolute atomic E-state index is 11.9. The van der Waals surface area contributed by atoms with Crippen molar-refractivity contribution in [2.24, 2.45) is 5.92 Å². The van der Waals surface area contributed by atoms with Crippen molar-refractivity contribution in [1.82, 2.24) is 4.72 Å². The number of hydrogen-bond acceptors (Lipinski definition) is 3. The first-order chi connectivity index (χ1) is 8.45. The molecule has 1 rings (SSSR count). The minimum atomic E-state index is -3.41. The Kier molecular flexibility index (Phi) is 5.78. The van der Waals surface area contributed by atoms with E-state index in [4.69, 9.17) is 5.11 Å². The second kappa shape index (κ2) is 6.87. The number of rotatable bonds is 7. The minimum absolute atomic E-state index is 0.0812. The van der Waals surface area contributed by atoms with Crippen LogP contribution in [0.2, 0.25) is 0 Å². The van der Waals surface area contributed by atoms with E-state index < -0.39 is 10.0 Å². The van der Waals surface area contributed by atoms with Crippen molar-refractivity contribution in [2.75, 3.05) is 6.54 Å². The first-order valence-corrected chi connectivity index (χ1v) is 7.63. The smallest absolute Gasteiger partial charge is 0.240 e. The normalized spacial score (nSPS) is 12.0. The zero-order chi connectivity index (χ0) is 13.6. The van der Waals surface area contributed by atoms with Gasteiger partial charge in [-0.05, 0) is 36.5 Å². The fourth-order valence-corrected chi connectivity index (χ4v) is 2.65. The lowest BCUT2D eigenvalue weighted by atomic mass is 10.1. The summed E-state index contributed by atoms with van der Waals surface area (Å²) in [5.74, 6) is 0.582. The van der Waals surface area contributed by atoms with Crippen LogP contribution in [-0.2, 0) is 16.6 Å². The molecule has 0 saturated heterocycles. The summed E-state index contributed by atoms with van der Waals surface area (Å²) in [5, 5.41) is 8.89. The molecule has 0 aliphatic carbocycles. The second-order valence-electron chi connectivity index (χ2n) is 4.74. The Morgan fingerprint density at radius 1 is 1.22 bits per heavy atom. The fourth-order valence-electron chi connectivity index (χ4n) is 1.57. The van der Waals surface area contributed by atoms with Gasteiger partial charge in [-0.1, -0.05) is 26.0 Å². The molecule has 0 amide bonds. The highest BCUT2D eigenvalue weighted by Crippen LogP contribution is 2.11. The lowest BCUT2D eigenvalue weighted by molar-refractivity contribution is 0.282. The molecule has 0 spiro atoms. The van der Waals surface area contributed by atoms with Gasteiger partial charge in [-0.3, -0.25) is 0 Å². The van der Waals surface area contributed by atoms with E-state index in [1.54, 1.807) is 12.1 Å². The Bertz CT molecular complexity index is 452. The lowest BCUT2D eigenvalue weighted by Gasteiger charge is -2.08. The first-order valence-electron chi connectivity index (χ1n) is 6.15. The van der Waals surface area contributed by atoms with E-state index in [-0.39, 0.29) is 11.5 Å². The zero-order valence-corrected chi connectivity index (χ0v) is 11.7. The predicted octanol–water partition coefficient (Wildman–Crippen LogP) is 1.89. The molecule has 0 aromatic heterocycles. The third kappa shape index (κ3) is 4.76. The largest absolute Gasteiger partial charge is 0.392 e. The van der Waals surface area contributed by atoms with Crippen molar-refractivity contribution in [1.29, 1.82) is 0 Å². The molecule has 102 valence electrons. The predicted molar refractivity (Wildman–Crippen MR) is 71.6 cm³/mol. The summed E-state index contributed by atoms with van der Waals surface area (Å²) < 4.78 is 26.4. The maximum Gasteiger partial charge on any atom is 0.240 e. The van der Waals surface area contributed by atoms with Crippen LogP contribution >= 0.6 is 0 Å². The van der Waals surface area contributed by atoms with Gasteiger partial charge < -0.3 is 5.11 Å². The van der Waals surface area contributed by atoms with Gasteiger partial charge in [0, 0.05) is 6.54 Å². The molecule has 2 N–H and O–H groups in total. The van der Waals surface area contributed by atoms with E-state index in [2.05, 4.69) is 18.6 Å². The summed E-state index contributed by atoms with van der Waals surface area (Å²) in [5.41, 5.74) is 0.703. The summed E-state index contributed by atoms with van der Waals surface area (Å²) in [4.78, 5) is 0.240. The zero-order valence-electron chi connectivity index (χ0n) is 10.9. The fraction of sp³-hybridized carbons (Fsp3) is 0.538. The monoisotopic (exact) mass is 271 g/mol. The van der Waals surface area contributed by atoms with Gasteiger partial charge in [-0.15, -0.1) is 0 Å². The average molecular weight is 271 g/mol. The van der Waals surface area contributed by atoms with Crippen LogP contribution in [0.3, 0.4) is 0 Å². The van der Waals surface area contributed by atoms with E-state index in [9.17, 15) is 8.42 Å². The minimum Gasteiger partial charge on any atom is -0.392 e. The van der Waals surface area contributed by atoms with Gasteiger partial charge >= 0.3 is 0 Å². The SMILES string of the molecule is CC(C)CCCNS(=O)(=O)c1ccc(CO)cc1. The van der Waals surface area contributed by atoms with Crippen LogP contribution in [0.25, 0.3) is 0 Å². The van der Waals surface area contributed by atoms with Gasteiger partial charge in [0.05, 0.1) is 11.5 Å². The molecule has 0 fully saturated rings. The van der Waals surface area contributed by atoms with Gasteiger partial charge in [-0.25, -0.2) is 13.1 Å². The molecule has 0 saturated carbocycles. The number of benzene rings is 1. The average Bonchev–Trinajstić information content (AvgIpc) is 2.34. The third-order valence-electron chi connectivity index (χ3n) is 2.67. The molecule has 0 bridgehead atoms. The number of hydrogen-bond donors (Lipinski definition) is 2. The quantitative estimate of drug-likeness (QED) is 0.744. The molecule has 0 unspecified atom stereocenters. The van der Waals surface area contributed by atoms with E-state index >= 15 is 0 Å². The van der Waals surface area contributed by atoms with Gasteiger partial charge in [0.25, 0.3) is 0 Å². The summed E-state index contributed by atoms with van der Waals surface area (Å²) in [7, 11) is -3.41. The highest BCUT2D eigenvalue weighted by molar-refractivity contribution is 7.89. The highest BCUT2D eigenvalue weighted by atomic mass is 32.2. The van der Waals surface area contributed by atoms with Gasteiger partial charge in [-0.2, -0.15) is 0 Å². The number of nitrogens with one attached hydrogen (secondary N) is 1. The standard InChI is InChI=1S/C13H21NO3S/c1-11(2)4-3-9-14-18(16,17)13-7-5-12(10-15)6-8-13/h5-8,11,14-15H,3-4,9-10H2,1-2H3. The molecule has 1 aromatic rings. The number of aliphatic hydroxyl groups excluding tert-OH is 1. The number of sulfonamides is 1. The van der Waals surface area contributed by atoms with E-state index in [0.717, 1.165) is 12.8 Å². The van der Waals surface area contributed by atoms with Crippen LogP contribution in [0.15, 0.2) is 29.2 Å². The highest BCUT2D eigenvalue weighted by Gasteiger charge is 2.12. The molecular formula is C13H21NO3S. The van der Waals surface area contributed by atoms with Crippen molar-refractivity contribution in [3.63, 3.8) is 0 Å². The molecule has 1 aromatic carbocycles. The Labute approximate surface area is 109 Å². The van der Waals surface area contributed by atoms with Crippen LogP contribution in [0.1, 0.15) is 32.3 Å². The van der Waals surface area contributed by atoms with Crippen LogP contribution in [-0.4, -0.2) is 20.1 Å². The van der Waals surface area contributed by atoms with E-state index in [1.807, 2.05) is 0 Å². The number of aliphatic hydroxyl groups is 1. The molecule has 5 heteroatoms. The molecule has 0 aliphatic rings. The topological polar surface area (TPSA) is 66.4 Å². The van der Waals surface area contributed by atoms with Crippen molar-refractivity contribution in [3.8, 4) is 0 Å². The molecule has 0 heterocycles. The summed E-state index contributed by atoms with van der Waals surface area (Å²) in [6.45, 7) is 4.61. The lowest BCUT2D eigenvalue weighted by Crippen LogP contribution is -2.25. The van der Waals surface area contributed by atoms with E-state index in [1.165, 1.54) is 12.1 Å². The van der Waals surface area contributed by atoms with E-state index in [0.29, 0.717) is 18.0 Å². The maximum atomic E-state index is 11.9. The Morgan fingerprint density at radius 3 is 2.33 bits per heavy atom. The van der Waals surface area contributed by atoms with Crippen LogP contribution in [0.4, 0.5) is 0 Å². The Hall–Kier alpha value is -0.910. The van der Waals surface area contributed by atoms with Crippen molar-refractivity contribution in [2.45, 2.75) is 38.2 Å². The summed E-state index contributed by atoms with van der Waals surface area (Å²) in [6.07, 6.45) is 1.84. The van der Waals surface area contributed by atoms with Crippen molar-refractivity contribution < 1.29 is 13.5 Å². The summed E-state index contributed by atoms with van der Waals surface area (Å²) >= 11 is 0. The molecule has 4 nitrogen and oxygen atoms in total. The molecule has 0 atom stereocenters. The molecule has 0 aliphatic heterocycles. The molecular weight excluding hydrogens is 250 g/mol. The van der Waals surface area contributed by atoms with Crippen LogP contribution in [0, 0.1) is 5.92 Å². The first kappa shape index (κ1) is 15.1. The summed E-state index contributed by atoms with van der Waals surface area (Å²) in [6, 6.07) is 6.25. The molecule has 18 heavy (non-hydrogen) atoms. The van der Waals surface area contributed by atoms with Crippen LogP contribution in [0.5, 0.6) is 0 Å². The van der Waals surface area contributed by atoms with Gasteiger partial charge in [0.15, 0.2) is 0 Å². The second-order valence-corrected chi connectivity index (χ2v) is 6.50. The van der Waals surface area contributed by atoms with Gasteiger partial charge in [0.1, 0.15) is 0 Å². The van der Waals surface area contributed by atoms with Crippen molar-refractivity contribution in [3.05, 3.63) is 29.8 Å². The molecule has 0 radical (unpaired) electrons. The third-order valence-corrected chi connectivity index (χ3v) is 4.14. The van der Waals surface area contributed by atoms with Crippen molar-refractivity contribution >= 4 is 10.0 Å². The van der Waals surface area contributed by atoms with Gasteiger partial charge in [0.2, 0.25) is 10.0 Å².